The van der Waals surface area contributed by atoms with Gasteiger partial charge in [0.15, 0.2) is 15.6 Å². The van der Waals surface area contributed by atoms with Gasteiger partial charge < -0.3 is 14.5 Å². The zero-order chi connectivity index (χ0) is 22.4. The highest BCUT2D eigenvalue weighted by molar-refractivity contribution is 7.90. The van der Waals surface area contributed by atoms with Crippen LogP contribution in [0, 0.1) is 0 Å². The third kappa shape index (κ3) is 3.58. The van der Waals surface area contributed by atoms with Gasteiger partial charge in [-0.3, -0.25) is 0 Å². The second kappa shape index (κ2) is 7.53. The summed E-state index contributed by atoms with van der Waals surface area (Å²) in [6.45, 7) is 5.65. The van der Waals surface area contributed by atoms with E-state index in [9.17, 15) is 8.42 Å². The van der Waals surface area contributed by atoms with Gasteiger partial charge in [0.1, 0.15) is 0 Å². The van der Waals surface area contributed by atoms with E-state index in [4.69, 9.17) is 4.74 Å². The number of nitrogens with zero attached hydrogens (tertiary/aromatic N) is 2. The maximum absolute atomic E-state index is 12.1. The topological polar surface area (TPSA) is 49.9 Å². The maximum atomic E-state index is 12.1. The molecule has 0 spiro atoms. The molecule has 2 aromatic carbocycles. The van der Waals surface area contributed by atoms with Crippen LogP contribution in [0.15, 0.2) is 65.6 Å². The quantitative estimate of drug-likeness (QED) is 0.653. The van der Waals surface area contributed by atoms with Crippen LogP contribution in [0.1, 0.15) is 25.0 Å². The van der Waals surface area contributed by atoms with Gasteiger partial charge in [0.05, 0.1) is 11.5 Å². The number of sulfone groups is 1. The molecule has 2 aliphatic heterocycles. The fraction of sp³-hybridized carbons (Fsp3) is 0.360. The molecule has 0 bridgehead atoms. The molecule has 0 radical (unpaired) electrons. The van der Waals surface area contributed by atoms with E-state index in [1.165, 1.54) is 11.9 Å². The summed E-state index contributed by atoms with van der Waals surface area (Å²) >= 11 is 0. The lowest BCUT2D eigenvalue weighted by Gasteiger charge is -2.39. The summed E-state index contributed by atoms with van der Waals surface area (Å²) in [5.41, 5.74) is 3.30. The Kier molecular flexibility index (Phi) is 5.26. The first-order valence-electron chi connectivity index (χ1n) is 10.5. The lowest BCUT2D eigenvalue weighted by atomic mass is 9.77. The van der Waals surface area contributed by atoms with Gasteiger partial charge in [-0.05, 0) is 47.5 Å². The van der Waals surface area contributed by atoms with Crippen LogP contribution in [-0.2, 0) is 20.0 Å². The molecular weight excluding hydrogens is 408 g/mol. The number of fused-ring (bicyclic) bond motifs is 3. The minimum Gasteiger partial charge on any atom is -0.378 e. The van der Waals surface area contributed by atoms with Crippen LogP contribution in [0.2, 0.25) is 0 Å². The standard InChI is InChI=1S/C25H30N2O3S/c1-24(2)22-18-21(31(5,28)29)13-14-23(22)27-16-17-30-25(24,27)15-7-6-8-19-9-11-20(12-10-19)26(3)4/h6-15,18H,16-17H2,1-5H3. The van der Waals surface area contributed by atoms with Gasteiger partial charge in [-0.25, -0.2) is 8.42 Å². The van der Waals surface area contributed by atoms with Gasteiger partial charge in [0, 0.05) is 43.7 Å². The molecular formula is C25H30N2O3S. The van der Waals surface area contributed by atoms with Crippen LogP contribution in [0.3, 0.4) is 0 Å². The molecule has 164 valence electrons. The van der Waals surface area contributed by atoms with Crippen LogP contribution in [0.5, 0.6) is 0 Å². The average molecular weight is 439 g/mol. The van der Waals surface area contributed by atoms with Crippen molar-refractivity contribution in [3.63, 3.8) is 0 Å². The van der Waals surface area contributed by atoms with E-state index in [0.29, 0.717) is 11.5 Å². The Morgan fingerprint density at radius 3 is 2.42 bits per heavy atom. The van der Waals surface area contributed by atoms with Crippen LogP contribution < -0.4 is 9.80 Å². The Hall–Kier alpha value is -2.57. The number of hydrogen-bond donors (Lipinski definition) is 0. The zero-order valence-electron chi connectivity index (χ0n) is 18.8. The van der Waals surface area contributed by atoms with E-state index < -0.39 is 21.0 Å². The third-order valence-corrected chi connectivity index (χ3v) is 7.54. The highest BCUT2D eigenvalue weighted by atomic mass is 32.2. The van der Waals surface area contributed by atoms with E-state index in [-0.39, 0.29) is 0 Å². The largest absolute Gasteiger partial charge is 0.378 e. The summed E-state index contributed by atoms with van der Waals surface area (Å²) in [7, 11) is 0.787. The molecule has 0 aliphatic carbocycles. The first-order valence-corrected chi connectivity index (χ1v) is 12.3. The van der Waals surface area contributed by atoms with Crippen LogP contribution in [-0.4, -0.2) is 47.6 Å². The third-order valence-electron chi connectivity index (χ3n) is 6.43. The summed E-state index contributed by atoms with van der Waals surface area (Å²) in [5, 5.41) is 0. The minimum absolute atomic E-state index is 0.348. The number of allylic oxidation sites excluding steroid dienone is 2. The highest BCUT2D eigenvalue weighted by Crippen LogP contribution is 2.55. The number of ether oxygens (including phenoxy) is 1. The SMILES string of the molecule is CN(C)c1ccc(C=CC=CC23OCCN2c2ccc(S(C)(=O)=O)cc2C3(C)C)cc1. The summed E-state index contributed by atoms with van der Waals surface area (Å²) in [6.07, 6.45) is 9.48. The Morgan fingerprint density at radius 1 is 1.06 bits per heavy atom. The Morgan fingerprint density at radius 2 is 1.77 bits per heavy atom. The number of rotatable bonds is 5. The van der Waals surface area contributed by atoms with Crippen molar-refractivity contribution >= 4 is 27.3 Å². The predicted molar refractivity (Wildman–Crippen MR) is 128 cm³/mol. The average Bonchev–Trinajstić information content (AvgIpc) is 3.22. The van der Waals surface area contributed by atoms with Crippen molar-refractivity contribution in [2.24, 2.45) is 0 Å². The Bertz CT molecular complexity index is 1150. The summed E-state index contributed by atoms with van der Waals surface area (Å²) in [6, 6.07) is 13.8. The second-order valence-electron chi connectivity index (χ2n) is 8.98. The van der Waals surface area contributed by atoms with Gasteiger partial charge in [0.2, 0.25) is 0 Å². The molecule has 0 amide bonds. The first-order chi connectivity index (χ1) is 14.6. The van der Waals surface area contributed by atoms with Crippen molar-refractivity contribution < 1.29 is 13.2 Å². The smallest absolute Gasteiger partial charge is 0.175 e. The lowest BCUT2D eigenvalue weighted by molar-refractivity contribution is -0.000334. The highest BCUT2D eigenvalue weighted by Gasteiger charge is 2.59. The molecule has 1 unspecified atom stereocenters. The molecule has 31 heavy (non-hydrogen) atoms. The summed E-state index contributed by atoms with van der Waals surface area (Å²) < 4.78 is 30.5. The van der Waals surface area contributed by atoms with Gasteiger partial charge >= 0.3 is 0 Å². The molecule has 2 aromatic rings. The molecule has 0 saturated carbocycles. The fourth-order valence-corrected chi connectivity index (χ4v) is 5.26. The van der Waals surface area contributed by atoms with E-state index in [0.717, 1.165) is 23.4 Å². The van der Waals surface area contributed by atoms with Crippen molar-refractivity contribution in [2.75, 3.05) is 43.3 Å². The molecule has 2 heterocycles. The predicted octanol–water partition coefficient (Wildman–Crippen LogP) is 4.25. The first kappa shape index (κ1) is 21.7. The Labute approximate surface area is 185 Å². The van der Waals surface area contributed by atoms with Gasteiger partial charge in [0.25, 0.3) is 0 Å². The second-order valence-corrected chi connectivity index (χ2v) is 11.0. The molecule has 4 rings (SSSR count). The van der Waals surface area contributed by atoms with E-state index in [1.54, 1.807) is 6.07 Å². The van der Waals surface area contributed by atoms with Gasteiger partial charge in [-0.2, -0.15) is 0 Å². The van der Waals surface area contributed by atoms with Gasteiger partial charge in [-0.1, -0.05) is 44.2 Å². The van der Waals surface area contributed by atoms with Crippen LogP contribution >= 0.6 is 0 Å². The van der Waals surface area contributed by atoms with E-state index in [1.807, 2.05) is 38.4 Å². The van der Waals surface area contributed by atoms with Crippen LogP contribution in [0.4, 0.5) is 11.4 Å². The van der Waals surface area contributed by atoms with Crippen molar-refractivity contribution in [2.45, 2.75) is 29.9 Å². The van der Waals surface area contributed by atoms with Crippen molar-refractivity contribution in [3.8, 4) is 0 Å². The molecule has 6 heteroatoms. The Balaban J connectivity index is 1.64. The van der Waals surface area contributed by atoms with Crippen molar-refractivity contribution in [1.82, 2.24) is 0 Å². The lowest BCUT2D eigenvalue weighted by Crippen LogP contribution is -2.51. The number of benzene rings is 2. The van der Waals surface area contributed by atoms with E-state index in [2.05, 4.69) is 60.1 Å². The van der Waals surface area contributed by atoms with Gasteiger partial charge in [-0.15, -0.1) is 0 Å². The normalized spacial score (nSPS) is 22.3. The number of hydrogen-bond acceptors (Lipinski definition) is 5. The zero-order valence-corrected chi connectivity index (χ0v) is 19.6. The number of anilines is 2. The molecule has 1 atom stereocenters. The molecule has 1 fully saturated rings. The molecule has 0 N–H and O–H groups in total. The van der Waals surface area contributed by atoms with Crippen molar-refractivity contribution in [3.05, 3.63) is 71.8 Å². The molecule has 1 saturated heterocycles. The molecule has 0 aromatic heterocycles. The maximum Gasteiger partial charge on any atom is 0.175 e. The minimum atomic E-state index is -3.27. The van der Waals surface area contributed by atoms with E-state index >= 15 is 0 Å². The molecule has 5 nitrogen and oxygen atoms in total. The van der Waals surface area contributed by atoms with Crippen LogP contribution in [0.25, 0.3) is 6.08 Å². The summed E-state index contributed by atoms with van der Waals surface area (Å²) in [5.74, 6) is 0. The summed E-state index contributed by atoms with van der Waals surface area (Å²) in [4.78, 5) is 4.68. The monoisotopic (exact) mass is 438 g/mol. The molecule has 2 aliphatic rings. The van der Waals surface area contributed by atoms with Crippen molar-refractivity contribution in [1.29, 1.82) is 0 Å². The fourth-order valence-electron chi connectivity index (χ4n) is 4.61.